The van der Waals surface area contributed by atoms with Crippen molar-refractivity contribution in [2.75, 3.05) is 0 Å². The van der Waals surface area contributed by atoms with Gasteiger partial charge in [-0.3, -0.25) is 9.78 Å². The van der Waals surface area contributed by atoms with Crippen molar-refractivity contribution in [1.29, 1.82) is 0 Å². The molecule has 0 bridgehead atoms. The minimum atomic E-state index is 0.00757. The van der Waals surface area contributed by atoms with E-state index in [-0.39, 0.29) is 5.91 Å². The molecular weight excluding hydrogens is 344 g/mol. The quantitative estimate of drug-likeness (QED) is 0.616. The smallest absolute Gasteiger partial charge is 0.224 e. The maximum absolute atomic E-state index is 12.2. The maximum atomic E-state index is 12.2. The molecule has 0 atom stereocenters. The van der Waals surface area contributed by atoms with E-state index >= 15 is 0 Å². The van der Waals surface area contributed by atoms with Gasteiger partial charge in [0.15, 0.2) is 0 Å². The van der Waals surface area contributed by atoms with Crippen LogP contribution in [0.4, 0.5) is 0 Å². The average molecular weight is 366 g/mol. The Labute approximate surface area is 158 Å². The van der Waals surface area contributed by atoms with E-state index in [4.69, 9.17) is 4.42 Å². The number of hydrogen-bond acceptors (Lipinski definition) is 4. The molecule has 1 aromatic carbocycles. The molecule has 26 heavy (non-hydrogen) atoms. The highest BCUT2D eigenvalue weighted by Gasteiger charge is 2.06. The first kappa shape index (κ1) is 18.3. The third-order valence-corrected chi connectivity index (χ3v) is 4.81. The Bertz CT molecular complexity index is 825. The van der Waals surface area contributed by atoms with Crippen LogP contribution in [0.3, 0.4) is 0 Å². The SMILES string of the molecule is CC(C)Sc1ccc(CC(=O)NCc2ccc(-c3ccoc3)nc2)cc1. The van der Waals surface area contributed by atoms with Crippen molar-refractivity contribution in [3.05, 3.63) is 72.3 Å². The van der Waals surface area contributed by atoms with E-state index in [1.165, 1.54) is 4.90 Å². The molecule has 5 heteroatoms. The second-order valence-electron chi connectivity index (χ2n) is 6.33. The van der Waals surface area contributed by atoms with E-state index in [2.05, 4.69) is 36.3 Å². The van der Waals surface area contributed by atoms with Gasteiger partial charge >= 0.3 is 0 Å². The molecule has 2 heterocycles. The van der Waals surface area contributed by atoms with Gasteiger partial charge in [0, 0.05) is 28.5 Å². The summed E-state index contributed by atoms with van der Waals surface area (Å²) in [6.07, 6.45) is 5.45. The molecule has 1 N–H and O–H groups in total. The molecule has 2 aromatic heterocycles. The highest BCUT2D eigenvalue weighted by molar-refractivity contribution is 7.99. The summed E-state index contributed by atoms with van der Waals surface area (Å²) in [5.74, 6) is 0.00757. The molecule has 1 amide bonds. The van der Waals surface area contributed by atoms with Crippen LogP contribution in [0.15, 0.2) is 70.5 Å². The Kier molecular flexibility index (Phi) is 6.12. The lowest BCUT2D eigenvalue weighted by Crippen LogP contribution is -2.24. The lowest BCUT2D eigenvalue weighted by atomic mass is 10.1. The number of rotatable bonds is 7. The molecule has 4 nitrogen and oxygen atoms in total. The van der Waals surface area contributed by atoms with Crippen LogP contribution in [-0.4, -0.2) is 16.1 Å². The fourth-order valence-electron chi connectivity index (χ4n) is 2.52. The summed E-state index contributed by atoms with van der Waals surface area (Å²) in [6.45, 7) is 4.81. The zero-order valence-corrected chi connectivity index (χ0v) is 15.8. The molecule has 0 aliphatic rings. The average Bonchev–Trinajstić information content (AvgIpc) is 3.16. The fourth-order valence-corrected chi connectivity index (χ4v) is 3.35. The van der Waals surface area contributed by atoms with Gasteiger partial charge in [0.05, 0.1) is 24.6 Å². The van der Waals surface area contributed by atoms with Crippen LogP contribution in [0.5, 0.6) is 0 Å². The normalized spacial score (nSPS) is 10.9. The van der Waals surface area contributed by atoms with Gasteiger partial charge in [-0.2, -0.15) is 0 Å². The number of nitrogens with zero attached hydrogens (tertiary/aromatic N) is 1. The molecule has 3 aromatic rings. The first-order valence-corrected chi connectivity index (χ1v) is 9.48. The molecule has 0 radical (unpaired) electrons. The molecule has 0 aliphatic heterocycles. The third kappa shape index (κ3) is 5.23. The first-order valence-electron chi connectivity index (χ1n) is 8.60. The van der Waals surface area contributed by atoms with Crippen molar-refractivity contribution in [2.24, 2.45) is 0 Å². The standard InChI is InChI=1S/C21H22N2O2S/c1-15(2)26-19-6-3-16(4-7-19)11-21(24)23-13-17-5-8-20(22-12-17)18-9-10-25-14-18/h3-10,12,14-15H,11,13H2,1-2H3,(H,23,24). The third-order valence-electron chi connectivity index (χ3n) is 3.79. The van der Waals surface area contributed by atoms with Crippen LogP contribution >= 0.6 is 11.8 Å². The van der Waals surface area contributed by atoms with Gasteiger partial charge in [-0.25, -0.2) is 0 Å². The second-order valence-corrected chi connectivity index (χ2v) is 7.98. The fraction of sp³-hybridized carbons (Fsp3) is 0.238. The number of nitrogens with one attached hydrogen (secondary N) is 1. The topological polar surface area (TPSA) is 55.1 Å². The van der Waals surface area contributed by atoms with Crippen LogP contribution in [0.25, 0.3) is 11.3 Å². The minimum Gasteiger partial charge on any atom is -0.472 e. The van der Waals surface area contributed by atoms with E-state index in [0.717, 1.165) is 22.4 Å². The Balaban J connectivity index is 1.49. The summed E-state index contributed by atoms with van der Waals surface area (Å²) in [5, 5.41) is 3.50. The highest BCUT2D eigenvalue weighted by Crippen LogP contribution is 2.23. The predicted molar refractivity (Wildman–Crippen MR) is 105 cm³/mol. The van der Waals surface area contributed by atoms with Crippen molar-refractivity contribution in [2.45, 2.75) is 37.0 Å². The van der Waals surface area contributed by atoms with E-state index in [1.54, 1.807) is 18.7 Å². The lowest BCUT2D eigenvalue weighted by Gasteiger charge is -2.08. The Morgan fingerprint density at radius 3 is 2.50 bits per heavy atom. The van der Waals surface area contributed by atoms with Crippen LogP contribution in [0, 0.1) is 0 Å². The minimum absolute atomic E-state index is 0.00757. The number of carbonyl (C=O) groups is 1. The molecule has 3 rings (SSSR count). The molecule has 0 fully saturated rings. The number of amides is 1. The zero-order chi connectivity index (χ0) is 18.4. The molecule has 0 unspecified atom stereocenters. The number of thioether (sulfide) groups is 1. The molecule has 0 aliphatic carbocycles. The van der Waals surface area contributed by atoms with Gasteiger partial charge < -0.3 is 9.73 Å². The van der Waals surface area contributed by atoms with E-state index < -0.39 is 0 Å². The number of pyridine rings is 1. The Morgan fingerprint density at radius 2 is 1.88 bits per heavy atom. The van der Waals surface area contributed by atoms with Crippen molar-refractivity contribution >= 4 is 17.7 Å². The molecule has 0 spiro atoms. The van der Waals surface area contributed by atoms with Crippen LogP contribution in [0.2, 0.25) is 0 Å². The summed E-state index contributed by atoms with van der Waals surface area (Å²) in [4.78, 5) is 17.8. The van der Waals surface area contributed by atoms with Gasteiger partial charge in [0.25, 0.3) is 0 Å². The van der Waals surface area contributed by atoms with Crippen molar-refractivity contribution in [3.8, 4) is 11.3 Å². The van der Waals surface area contributed by atoms with Gasteiger partial charge in [-0.15, -0.1) is 11.8 Å². The Morgan fingerprint density at radius 1 is 1.12 bits per heavy atom. The number of hydrogen-bond donors (Lipinski definition) is 1. The maximum Gasteiger partial charge on any atom is 0.224 e. The number of furan rings is 1. The second kappa shape index (κ2) is 8.72. The molecule has 0 saturated heterocycles. The number of benzene rings is 1. The summed E-state index contributed by atoms with van der Waals surface area (Å²) in [6, 6.07) is 14.0. The van der Waals surface area contributed by atoms with E-state index in [1.807, 2.05) is 42.1 Å². The predicted octanol–water partition coefficient (Wildman–Crippen LogP) is 4.70. The highest BCUT2D eigenvalue weighted by atomic mass is 32.2. The zero-order valence-electron chi connectivity index (χ0n) is 14.9. The van der Waals surface area contributed by atoms with Crippen molar-refractivity contribution in [3.63, 3.8) is 0 Å². The molecular formula is C21H22N2O2S. The summed E-state index contributed by atoms with van der Waals surface area (Å²) < 4.78 is 5.06. The van der Waals surface area contributed by atoms with Gasteiger partial charge in [0.2, 0.25) is 5.91 Å². The summed E-state index contributed by atoms with van der Waals surface area (Å²) in [7, 11) is 0. The molecule has 134 valence electrons. The van der Waals surface area contributed by atoms with Crippen molar-refractivity contribution in [1.82, 2.24) is 10.3 Å². The Hall–Kier alpha value is -2.53. The first-order chi connectivity index (χ1) is 12.6. The summed E-state index contributed by atoms with van der Waals surface area (Å²) in [5.41, 5.74) is 3.78. The van der Waals surface area contributed by atoms with Crippen molar-refractivity contribution < 1.29 is 9.21 Å². The number of carbonyl (C=O) groups excluding carboxylic acids is 1. The van der Waals surface area contributed by atoms with Gasteiger partial charge in [0.1, 0.15) is 0 Å². The monoisotopic (exact) mass is 366 g/mol. The number of aromatic nitrogens is 1. The van der Waals surface area contributed by atoms with E-state index in [9.17, 15) is 4.79 Å². The van der Waals surface area contributed by atoms with Crippen LogP contribution in [-0.2, 0) is 17.8 Å². The molecule has 0 saturated carbocycles. The largest absolute Gasteiger partial charge is 0.472 e. The van der Waals surface area contributed by atoms with Gasteiger partial charge in [-0.05, 0) is 35.4 Å². The van der Waals surface area contributed by atoms with E-state index in [0.29, 0.717) is 18.2 Å². The van der Waals surface area contributed by atoms with Gasteiger partial charge in [-0.1, -0.05) is 32.0 Å². The van der Waals surface area contributed by atoms with Crippen LogP contribution in [0.1, 0.15) is 25.0 Å². The lowest BCUT2D eigenvalue weighted by molar-refractivity contribution is -0.120. The van der Waals surface area contributed by atoms with Crippen LogP contribution < -0.4 is 5.32 Å². The summed E-state index contributed by atoms with van der Waals surface area (Å²) >= 11 is 1.82.